The molecule has 3 aromatic rings. The molecule has 0 aliphatic heterocycles. The van der Waals surface area contributed by atoms with Gasteiger partial charge in [-0.3, -0.25) is 4.98 Å². The van der Waals surface area contributed by atoms with Gasteiger partial charge < -0.3 is 9.64 Å². The van der Waals surface area contributed by atoms with E-state index >= 15 is 0 Å². The standard InChI is InChI=1S/C21H22ClN3O4S2/c1-21(2,3)29-20(26)25(4)13-14-11-17(31(27,28)15-7-5-9-23-12-15)18(30-14)16-8-6-10-24-19(16)22/h5-12H,13H2,1-4H3. The largest absolute Gasteiger partial charge is 0.444 e. The number of sulfone groups is 1. The molecule has 0 aliphatic carbocycles. The van der Waals surface area contributed by atoms with Gasteiger partial charge >= 0.3 is 6.09 Å². The molecule has 31 heavy (non-hydrogen) atoms. The molecule has 0 N–H and O–H groups in total. The number of nitrogens with zero attached hydrogens (tertiary/aromatic N) is 3. The first kappa shape index (κ1) is 23.2. The first-order valence-corrected chi connectivity index (χ1v) is 12.0. The smallest absolute Gasteiger partial charge is 0.410 e. The molecule has 0 radical (unpaired) electrons. The summed E-state index contributed by atoms with van der Waals surface area (Å²) in [5.74, 6) is 0. The molecule has 10 heteroatoms. The van der Waals surface area contributed by atoms with Gasteiger partial charge in [-0.05, 0) is 51.1 Å². The summed E-state index contributed by atoms with van der Waals surface area (Å²) in [7, 11) is -2.27. The van der Waals surface area contributed by atoms with Crippen molar-refractivity contribution in [3.8, 4) is 10.4 Å². The molecule has 3 aromatic heterocycles. The molecule has 0 saturated heterocycles. The number of ether oxygens (including phenoxy) is 1. The minimum atomic E-state index is -3.87. The number of amides is 1. The first-order valence-electron chi connectivity index (χ1n) is 9.32. The van der Waals surface area contributed by atoms with Crippen LogP contribution in [0.4, 0.5) is 4.79 Å². The lowest BCUT2D eigenvalue weighted by molar-refractivity contribution is 0.0286. The summed E-state index contributed by atoms with van der Waals surface area (Å²) in [6, 6.07) is 8.01. The van der Waals surface area contributed by atoms with Crippen LogP contribution >= 0.6 is 22.9 Å². The molecular weight excluding hydrogens is 458 g/mol. The summed E-state index contributed by atoms with van der Waals surface area (Å²) in [5.41, 5.74) is -0.132. The van der Waals surface area contributed by atoms with Gasteiger partial charge in [-0.2, -0.15) is 0 Å². The fourth-order valence-electron chi connectivity index (χ4n) is 2.71. The lowest BCUT2D eigenvalue weighted by Crippen LogP contribution is -2.33. The molecule has 0 aromatic carbocycles. The van der Waals surface area contributed by atoms with Crippen molar-refractivity contribution < 1.29 is 17.9 Å². The number of pyridine rings is 2. The molecule has 0 fully saturated rings. The molecule has 0 bridgehead atoms. The Morgan fingerprint density at radius 1 is 1.23 bits per heavy atom. The van der Waals surface area contributed by atoms with Crippen LogP contribution in [0.5, 0.6) is 0 Å². The van der Waals surface area contributed by atoms with Crippen molar-refractivity contribution in [1.82, 2.24) is 14.9 Å². The predicted octanol–water partition coefficient (Wildman–Crippen LogP) is 5.06. The van der Waals surface area contributed by atoms with Gasteiger partial charge in [0.2, 0.25) is 9.84 Å². The van der Waals surface area contributed by atoms with Gasteiger partial charge in [-0.1, -0.05) is 11.6 Å². The molecular formula is C21H22ClN3O4S2. The zero-order chi connectivity index (χ0) is 22.8. The van der Waals surface area contributed by atoms with Crippen LogP contribution in [0.15, 0.2) is 58.7 Å². The topological polar surface area (TPSA) is 89.5 Å². The predicted molar refractivity (Wildman–Crippen MR) is 120 cm³/mol. The lowest BCUT2D eigenvalue weighted by Gasteiger charge is -2.24. The van der Waals surface area contributed by atoms with E-state index in [4.69, 9.17) is 16.3 Å². The van der Waals surface area contributed by atoms with Crippen molar-refractivity contribution in [3.63, 3.8) is 0 Å². The minimum Gasteiger partial charge on any atom is -0.444 e. The second kappa shape index (κ2) is 8.94. The van der Waals surface area contributed by atoms with Crippen LogP contribution in [0.2, 0.25) is 5.15 Å². The van der Waals surface area contributed by atoms with Crippen molar-refractivity contribution in [3.05, 3.63) is 59.0 Å². The number of thiophene rings is 1. The zero-order valence-electron chi connectivity index (χ0n) is 17.5. The van der Waals surface area contributed by atoms with Gasteiger partial charge in [-0.15, -0.1) is 11.3 Å². The quantitative estimate of drug-likeness (QED) is 0.475. The molecule has 3 heterocycles. The molecule has 164 valence electrons. The first-order chi connectivity index (χ1) is 14.5. The number of hydrogen-bond donors (Lipinski definition) is 0. The van der Waals surface area contributed by atoms with E-state index in [0.717, 1.165) is 0 Å². The maximum Gasteiger partial charge on any atom is 0.410 e. The van der Waals surface area contributed by atoms with E-state index in [-0.39, 0.29) is 21.5 Å². The Balaban J connectivity index is 2.05. The van der Waals surface area contributed by atoms with E-state index in [2.05, 4.69) is 9.97 Å². The molecule has 1 amide bonds. The molecule has 0 atom stereocenters. The van der Waals surface area contributed by atoms with Crippen LogP contribution in [-0.2, 0) is 21.1 Å². The summed E-state index contributed by atoms with van der Waals surface area (Å²) in [6.45, 7) is 5.52. The Labute approximate surface area is 190 Å². The highest BCUT2D eigenvalue weighted by Crippen LogP contribution is 2.41. The van der Waals surface area contributed by atoms with E-state index in [1.807, 2.05) is 0 Å². The fourth-order valence-corrected chi connectivity index (χ4v) is 6.01. The van der Waals surface area contributed by atoms with Gasteiger partial charge in [0.05, 0.1) is 21.2 Å². The second-order valence-electron chi connectivity index (χ2n) is 7.78. The maximum absolute atomic E-state index is 13.4. The number of carbonyl (C=O) groups excluding carboxylic acids is 1. The van der Waals surface area contributed by atoms with Crippen molar-refractivity contribution in [2.75, 3.05) is 7.05 Å². The summed E-state index contributed by atoms with van der Waals surface area (Å²) in [4.78, 5) is 23.0. The van der Waals surface area contributed by atoms with Gasteiger partial charge in [-0.25, -0.2) is 18.2 Å². The molecule has 0 saturated carbocycles. The van der Waals surface area contributed by atoms with Gasteiger partial charge in [0.1, 0.15) is 10.8 Å². The minimum absolute atomic E-state index is 0.0705. The molecule has 0 aliphatic rings. The molecule has 7 nitrogen and oxygen atoms in total. The Hall–Kier alpha value is -2.49. The summed E-state index contributed by atoms with van der Waals surface area (Å²) < 4.78 is 32.1. The number of rotatable bonds is 5. The Bertz CT molecular complexity index is 1190. The van der Waals surface area contributed by atoms with Crippen molar-refractivity contribution in [2.45, 2.75) is 42.7 Å². The van der Waals surface area contributed by atoms with Crippen molar-refractivity contribution in [2.24, 2.45) is 0 Å². The number of aromatic nitrogens is 2. The third kappa shape index (κ3) is 5.41. The maximum atomic E-state index is 13.4. The summed E-state index contributed by atoms with van der Waals surface area (Å²) >= 11 is 7.51. The monoisotopic (exact) mass is 479 g/mol. The van der Waals surface area contributed by atoms with Crippen molar-refractivity contribution >= 4 is 38.9 Å². The normalized spacial score (nSPS) is 11.9. The van der Waals surface area contributed by atoms with E-state index in [1.54, 1.807) is 52.1 Å². The highest BCUT2D eigenvalue weighted by atomic mass is 35.5. The van der Waals surface area contributed by atoms with Crippen LogP contribution in [0.3, 0.4) is 0 Å². The SMILES string of the molecule is CN(Cc1cc(S(=O)(=O)c2cccnc2)c(-c2cccnc2Cl)s1)C(=O)OC(C)(C)C. The van der Waals surface area contributed by atoms with Crippen molar-refractivity contribution in [1.29, 1.82) is 0 Å². The summed E-state index contributed by atoms with van der Waals surface area (Å²) in [6.07, 6.45) is 3.84. The average Bonchev–Trinajstić information content (AvgIpc) is 3.12. The second-order valence-corrected chi connectivity index (χ2v) is 11.2. The number of hydrogen-bond acceptors (Lipinski definition) is 7. The third-order valence-corrected chi connectivity index (χ3v) is 7.43. The van der Waals surface area contributed by atoms with Crippen LogP contribution in [0.1, 0.15) is 25.6 Å². The van der Waals surface area contributed by atoms with E-state index in [1.165, 1.54) is 40.9 Å². The van der Waals surface area contributed by atoms with Gasteiger partial charge in [0.15, 0.2) is 0 Å². The van der Waals surface area contributed by atoms with Crippen LogP contribution in [-0.4, -0.2) is 42.0 Å². The zero-order valence-corrected chi connectivity index (χ0v) is 19.9. The Kier molecular flexibility index (Phi) is 6.68. The van der Waals surface area contributed by atoms with Crippen LogP contribution in [0.25, 0.3) is 10.4 Å². The number of halogens is 1. The Morgan fingerprint density at radius 2 is 1.94 bits per heavy atom. The highest BCUT2D eigenvalue weighted by Gasteiger charge is 2.28. The highest BCUT2D eigenvalue weighted by molar-refractivity contribution is 7.91. The van der Waals surface area contributed by atoms with E-state index < -0.39 is 21.5 Å². The fraction of sp³-hybridized carbons (Fsp3) is 0.286. The van der Waals surface area contributed by atoms with E-state index in [0.29, 0.717) is 15.3 Å². The molecule has 0 unspecified atom stereocenters. The third-order valence-electron chi connectivity index (χ3n) is 4.09. The van der Waals surface area contributed by atoms with Crippen LogP contribution < -0.4 is 0 Å². The van der Waals surface area contributed by atoms with Gasteiger partial charge in [0.25, 0.3) is 0 Å². The lowest BCUT2D eigenvalue weighted by atomic mass is 10.2. The average molecular weight is 480 g/mol. The molecule has 3 rings (SSSR count). The van der Waals surface area contributed by atoms with Crippen LogP contribution in [0, 0.1) is 0 Å². The summed E-state index contributed by atoms with van der Waals surface area (Å²) in [5, 5.41) is 0.194. The Morgan fingerprint density at radius 3 is 2.55 bits per heavy atom. The molecule has 0 spiro atoms. The van der Waals surface area contributed by atoms with E-state index in [9.17, 15) is 13.2 Å². The number of carbonyl (C=O) groups is 1. The van der Waals surface area contributed by atoms with Gasteiger partial charge in [0, 0.05) is 36.1 Å².